The van der Waals surface area contributed by atoms with E-state index in [4.69, 9.17) is 10.00 Å². The first-order chi connectivity index (χ1) is 11.1. The molecule has 1 aliphatic heterocycles. The molecule has 2 rings (SSSR count). The van der Waals surface area contributed by atoms with Crippen molar-refractivity contribution in [1.82, 2.24) is 4.90 Å². The number of hydrogen-bond donors (Lipinski definition) is 1. The van der Waals surface area contributed by atoms with Gasteiger partial charge in [-0.15, -0.1) is 0 Å². The summed E-state index contributed by atoms with van der Waals surface area (Å²) in [6.45, 7) is 3.60. The number of nitriles is 1. The van der Waals surface area contributed by atoms with Gasteiger partial charge in [0.1, 0.15) is 0 Å². The number of carbonyl (C=O) groups is 1. The SMILES string of the molecule is CCc1cc(C#N)ccc1NC(=O)N(C)CCC[C@@H]1CCCO1. The molecule has 1 fully saturated rings. The molecule has 0 saturated carbocycles. The number of nitrogens with zero attached hydrogens (tertiary/aromatic N) is 2. The number of urea groups is 1. The molecule has 1 aromatic rings. The molecule has 5 heteroatoms. The van der Waals surface area contributed by atoms with E-state index in [0.717, 1.165) is 50.0 Å². The molecule has 1 aromatic carbocycles. The summed E-state index contributed by atoms with van der Waals surface area (Å²) in [4.78, 5) is 14.0. The molecule has 0 aromatic heterocycles. The zero-order valence-electron chi connectivity index (χ0n) is 14.0. The number of hydrogen-bond acceptors (Lipinski definition) is 3. The highest BCUT2D eigenvalue weighted by atomic mass is 16.5. The fraction of sp³-hybridized carbons (Fsp3) is 0.556. The maximum Gasteiger partial charge on any atom is 0.321 e. The number of anilines is 1. The van der Waals surface area contributed by atoms with Crippen LogP contribution >= 0.6 is 0 Å². The van der Waals surface area contributed by atoms with Crippen molar-refractivity contribution in [3.05, 3.63) is 29.3 Å². The summed E-state index contributed by atoms with van der Waals surface area (Å²) < 4.78 is 5.60. The van der Waals surface area contributed by atoms with E-state index in [1.165, 1.54) is 0 Å². The molecular weight excluding hydrogens is 290 g/mol. The third kappa shape index (κ3) is 4.97. The molecule has 0 radical (unpaired) electrons. The number of rotatable bonds is 6. The van der Waals surface area contributed by atoms with Crippen LogP contribution in [0.3, 0.4) is 0 Å². The van der Waals surface area contributed by atoms with E-state index in [-0.39, 0.29) is 6.03 Å². The van der Waals surface area contributed by atoms with Gasteiger partial charge in [0.15, 0.2) is 0 Å². The Morgan fingerprint density at radius 3 is 3.00 bits per heavy atom. The van der Waals surface area contributed by atoms with Crippen molar-refractivity contribution in [3.63, 3.8) is 0 Å². The molecule has 1 atom stereocenters. The summed E-state index contributed by atoms with van der Waals surface area (Å²) in [6, 6.07) is 7.37. The predicted molar refractivity (Wildman–Crippen MR) is 90.4 cm³/mol. The van der Waals surface area contributed by atoms with Crippen molar-refractivity contribution in [2.75, 3.05) is 25.5 Å². The normalized spacial score (nSPS) is 16.8. The maximum absolute atomic E-state index is 12.3. The predicted octanol–water partition coefficient (Wildman–Crippen LogP) is 3.54. The molecule has 124 valence electrons. The summed E-state index contributed by atoms with van der Waals surface area (Å²) >= 11 is 0. The molecule has 1 N–H and O–H groups in total. The largest absolute Gasteiger partial charge is 0.378 e. The number of amides is 2. The smallest absolute Gasteiger partial charge is 0.321 e. The Morgan fingerprint density at radius 2 is 2.35 bits per heavy atom. The van der Waals surface area contributed by atoms with E-state index >= 15 is 0 Å². The summed E-state index contributed by atoms with van der Waals surface area (Å²) in [5.74, 6) is 0. The Morgan fingerprint density at radius 1 is 1.52 bits per heavy atom. The third-order valence-electron chi connectivity index (χ3n) is 4.25. The topological polar surface area (TPSA) is 65.4 Å². The van der Waals surface area contributed by atoms with Crippen molar-refractivity contribution in [3.8, 4) is 6.07 Å². The molecule has 0 bridgehead atoms. The lowest BCUT2D eigenvalue weighted by atomic mass is 10.1. The van der Waals surface area contributed by atoms with Crippen molar-refractivity contribution in [2.24, 2.45) is 0 Å². The van der Waals surface area contributed by atoms with Crippen molar-refractivity contribution < 1.29 is 9.53 Å². The van der Waals surface area contributed by atoms with Gasteiger partial charge in [0, 0.05) is 25.9 Å². The van der Waals surface area contributed by atoms with Crippen molar-refractivity contribution in [2.45, 2.75) is 45.1 Å². The van der Waals surface area contributed by atoms with Gasteiger partial charge >= 0.3 is 6.03 Å². The lowest BCUT2D eigenvalue weighted by Gasteiger charge is -2.20. The van der Waals surface area contributed by atoms with Crippen molar-refractivity contribution in [1.29, 1.82) is 5.26 Å². The molecule has 1 saturated heterocycles. The molecule has 1 heterocycles. The van der Waals surface area contributed by atoms with Gasteiger partial charge in [0.25, 0.3) is 0 Å². The zero-order valence-corrected chi connectivity index (χ0v) is 14.0. The van der Waals surface area contributed by atoms with Crippen molar-refractivity contribution >= 4 is 11.7 Å². The summed E-state index contributed by atoms with van der Waals surface area (Å²) in [6.07, 6.45) is 5.39. The number of ether oxygens (including phenoxy) is 1. The van der Waals surface area contributed by atoms with Crippen LogP contribution in [0.25, 0.3) is 0 Å². The van der Waals surface area contributed by atoms with E-state index in [1.54, 1.807) is 24.1 Å². The van der Waals surface area contributed by atoms with Crippen LogP contribution in [0, 0.1) is 11.3 Å². The second-order valence-corrected chi connectivity index (χ2v) is 5.97. The third-order valence-corrected chi connectivity index (χ3v) is 4.25. The first kappa shape index (κ1) is 17.3. The Balaban J connectivity index is 1.84. The van der Waals surface area contributed by atoms with Crippen LogP contribution in [-0.4, -0.2) is 37.2 Å². The van der Waals surface area contributed by atoms with Crippen LogP contribution in [0.2, 0.25) is 0 Å². The molecule has 5 nitrogen and oxygen atoms in total. The number of benzene rings is 1. The average molecular weight is 315 g/mol. The summed E-state index contributed by atoms with van der Waals surface area (Å²) in [5.41, 5.74) is 2.37. The minimum absolute atomic E-state index is 0.114. The molecular formula is C18H25N3O2. The summed E-state index contributed by atoms with van der Waals surface area (Å²) in [5, 5.41) is 11.9. The van der Waals surface area contributed by atoms with Gasteiger partial charge in [0.05, 0.1) is 17.7 Å². The van der Waals surface area contributed by atoms with Crippen LogP contribution in [0.15, 0.2) is 18.2 Å². The Hall–Kier alpha value is -2.06. The van der Waals surface area contributed by atoms with Gasteiger partial charge in [-0.1, -0.05) is 6.92 Å². The van der Waals surface area contributed by atoms with Crippen LogP contribution in [0.4, 0.5) is 10.5 Å². The first-order valence-electron chi connectivity index (χ1n) is 8.30. The van der Waals surface area contributed by atoms with Crippen LogP contribution in [0.1, 0.15) is 43.7 Å². The van der Waals surface area contributed by atoms with Crippen LogP contribution in [-0.2, 0) is 11.2 Å². The maximum atomic E-state index is 12.3. The first-order valence-corrected chi connectivity index (χ1v) is 8.30. The molecule has 0 unspecified atom stereocenters. The van der Waals surface area contributed by atoms with Gasteiger partial charge in [-0.05, 0) is 55.9 Å². The van der Waals surface area contributed by atoms with Gasteiger partial charge in [-0.25, -0.2) is 4.79 Å². The lowest BCUT2D eigenvalue weighted by molar-refractivity contribution is 0.101. The van der Waals surface area contributed by atoms with Gasteiger partial charge in [-0.2, -0.15) is 5.26 Å². The highest BCUT2D eigenvalue weighted by molar-refractivity contribution is 5.90. The molecule has 23 heavy (non-hydrogen) atoms. The minimum Gasteiger partial charge on any atom is -0.378 e. The quantitative estimate of drug-likeness (QED) is 0.873. The second-order valence-electron chi connectivity index (χ2n) is 5.97. The molecule has 2 amide bonds. The molecule has 0 aliphatic carbocycles. The van der Waals surface area contributed by atoms with Gasteiger partial charge in [-0.3, -0.25) is 0 Å². The molecule has 1 aliphatic rings. The fourth-order valence-electron chi connectivity index (χ4n) is 2.82. The Kier molecular flexibility index (Phi) is 6.42. The highest BCUT2D eigenvalue weighted by Crippen LogP contribution is 2.19. The van der Waals surface area contributed by atoms with E-state index in [2.05, 4.69) is 11.4 Å². The van der Waals surface area contributed by atoms with E-state index < -0.39 is 0 Å². The second kappa shape index (κ2) is 8.54. The Bertz CT molecular complexity index is 574. The van der Waals surface area contributed by atoms with E-state index in [9.17, 15) is 4.79 Å². The monoisotopic (exact) mass is 315 g/mol. The highest BCUT2D eigenvalue weighted by Gasteiger charge is 2.16. The number of nitrogens with one attached hydrogen (secondary N) is 1. The van der Waals surface area contributed by atoms with E-state index in [1.807, 2.05) is 13.0 Å². The van der Waals surface area contributed by atoms with Gasteiger partial charge < -0.3 is 15.0 Å². The lowest BCUT2D eigenvalue weighted by Crippen LogP contribution is -2.32. The summed E-state index contributed by atoms with van der Waals surface area (Å²) in [7, 11) is 1.81. The zero-order chi connectivity index (χ0) is 16.7. The standard InChI is InChI=1S/C18H25N3O2/c1-3-15-12-14(13-19)8-9-17(15)20-18(22)21(2)10-4-6-16-7-5-11-23-16/h8-9,12,16H,3-7,10-11H2,1-2H3,(H,20,22)/t16-/m1/s1. The van der Waals surface area contributed by atoms with Crippen LogP contribution < -0.4 is 5.32 Å². The number of aryl methyl sites for hydroxylation is 1. The number of carbonyl (C=O) groups excluding carboxylic acids is 1. The molecule has 0 spiro atoms. The van der Waals surface area contributed by atoms with Crippen LogP contribution in [0.5, 0.6) is 0 Å². The average Bonchev–Trinajstić information content (AvgIpc) is 3.08. The van der Waals surface area contributed by atoms with Gasteiger partial charge in [0.2, 0.25) is 0 Å². The Labute approximate surface area is 138 Å². The van der Waals surface area contributed by atoms with E-state index in [0.29, 0.717) is 18.2 Å². The fourth-order valence-corrected chi connectivity index (χ4v) is 2.82. The minimum atomic E-state index is -0.114.